The summed E-state index contributed by atoms with van der Waals surface area (Å²) in [6.07, 6.45) is 0. The summed E-state index contributed by atoms with van der Waals surface area (Å²) in [7, 11) is 1.60. The van der Waals surface area contributed by atoms with E-state index in [4.69, 9.17) is 13.9 Å². The second-order valence-electron chi connectivity index (χ2n) is 6.49. The molecule has 0 radical (unpaired) electrons. The Balaban J connectivity index is 1.72. The van der Waals surface area contributed by atoms with E-state index in [1.807, 2.05) is 39.0 Å². The number of aromatic nitrogens is 1. The zero-order valence-electron chi connectivity index (χ0n) is 16.0. The van der Waals surface area contributed by atoms with Crippen molar-refractivity contribution < 1.29 is 18.7 Å². The molecule has 0 saturated carbocycles. The molecule has 0 saturated heterocycles. The number of hydrogen-bond donors (Lipinski definition) is 1. The van der Waals surface area contributed by atoms with Crippen LogP contribution < -0.4 is 14.8 Å². The highest BCUT2D eigenvalue weighted by Gasteiger charge is 2.13. The lowest BCUT2D eigenvalue weighted by atomic mass is 10.1. The molecule has 0 aliphatic heterocycles. The predicted molar refractivity (Wildman–Crippen MR) is 103 cm³/mol. The van der Waals surface area contributed by atoms with Gasteiger partial charge < -0.3 is 19.2 Å². The maximum absolute atomic E-state index is 12.5. The van der Waals surface area contributed by atoms with Gasteiger partial charge in [0.2, 0.25) is 0 Å². The van der Waals surface area contributed by atoms with E-state index in [2.05, 4.69) is 10.3 Å². The average Bonchev–Trinajstić information content (AvgIpc) is 3.10. The smallest absolute Gasteiger partial charge is 0.251 e. The van der Waals surface area contributed by atoms with E-state index >= 15 is 0 Å². The van der Waals surface area contributed by atoms with Crippen molar-refractivity contribution in [2.24, 2.45) is 0 Å². The number of carbonyl (C=O) groups excluding carboxylic acids is 1. The van der Waals surface area contributed by atoms with Crippen molar-refractivity contribution >= 4 is 17.0 Å². The molecular weight excluding hydrogens is 344 g/mol. The maximum atomic E-state index is 12.5. The summed E-state index contributed by atoms with van der Waals surface area (Å²) in [5.74, 6) is 2.03. The molecule has 3 aromatic rings. The van der Waals surface area contributed by atoms with Crippen LogP contribution in [0.4, 0.5) is 0 Å². The first-order valence-corrected chi connectivity index (χ1v) is 9.00. The number of amides is 1. The summed E-state index contributed by atoms with van der Waals surface area (Å²) in [5, 5.41) is 2.92. The Morgan fingerprint density at radius 1 is 1.19 bits per heavy atom. The van der Waals surface area contributed by atoms with Gasteiger partial charge in [-0.15, -0.1) is 0 Å². The molecule has 0 bridgehead atoms. The Morgan fingerprint density at radius 2 is 2.00 bits per heavy atom. The third-order valence-electron chi connectivity index (χ3n) is 4.14. The minimum Gasteiger partial charge on any atom is -0.493 e. The van der Waals surface area contributed by atoms with Crippen molar-refractivity contribution in [2.45, 2.75) is 33.2 Å². The van der Waals surface area contributed by atoms with E-state index in [-0.39, 0.29) is 11.8 Å². The molecule has 0 fully saturated rings. The summed E-state index contributed by atoms with van der Waals surface area (Å²) >= 11 is 0. The van der Waals surface area contributed by atoms with Gasteiger partial charge in [-0.1, -0.05) is 19.9 Å². The third kappa shape index (κ3) is 4.22. The van der Waals surface area contributed by atoms with Gasteiger partial charge in [-0.3, -0.25) is 4.79 Å². The van der Waals surface area contributed by atoms with Crippen LogP contribution in [0.2, 0.25) is 0 Å². The summed E-state index contributed by atoms with van der Waals surface area (Å²) in [4.78, 5) is 16.9. The summed E-state index contributed by atoms with van der Waals surface area (Å²) < 4.78 is 16.6. The van der Waals surface area contributed by atoms with E-state index in [1.165, 1.54) is 0 Å². The molecule has 27 heavy (non-hydrogen) atoms. The number of nitrogens with zero attached hydrogens (tertiary/aromatic N) is 1. The monoisotopic (exact) mass is 368 g/mol. The SMILES string of the molecule is CCOc1cc(CNC(=O)c2ccc3nc(C(C)C)oc3c2)ccc1OC. The van der Waals surface area contributed by atoms with Crippen LogP contribution in [-0.4, -0.2) is 24.6 Å². The number of ether oxygens (including phenoxy) is 2. The van der Waals surface area contributed by atoms with Gasteiger partial charge in [-0.05, 0) is 42.8 Å². The van der Waals surface area contributed by atoms with Crippen molar-refractivity contribution in [3.05, 3.63) is 53.4 Å². The third-order valence-corrected chi connectivity index (χ3v) is 4.14. The molecule has 0 atom stereocenters. The molecule has 6 nitrogen and oxygen atoms in total. The Hall–Kier alpha value is -3.02. The number of oxazole rings is 1. The molecule has 6 heteroatoms. The number of fused-ring (bicyclic) bond motifs is 1. The lowest BCUT2D eigenvalue weighted by Crippen LogP contribution is -2.22. The highest BCUT2D eigenvalue weighted by atomic mass is 16.5. The van der Waals surface area contributed by atoms with Gasteiger partial charge in [-0.25, -0.2) is 4.98 Å². The van der Waals surface area contributed by atoms with Crippen molar-refractivity contribution in [1.29, 1.82) is 0 Å². The fourth-order valence-electron chi connectivity index (χ4n) is 2.71. The lowest BCUT2D eigenvalue weighted by molar-refractivity contribution is 0.0951. The molecule has 0 aliphatic carbocycles. The summed E-state index contributed by atoms with van der Waals surface area (Å²) in [6.45, 7) is 6.88. The number of carbonyl (C=O) groups is 1. The molecule has 1 aromatic heterocycles. The van der Waals surface area contributed by atoms with Gasteiger partial charge in [0, 0.05) is 18.0 Å². The highest BCUT2D eigenvalue weighted by molar-refractivity contribution is 5.97. The summed E-state index contributed by atoms with van der Waals surface area (Å²) in [5.41, 5.74) is 2.84. The zero-order chi connectivity index (χ0) is 19.4. The largest absolute Gasteiger partial charge is 0.493 e. The number of rotatable bonds is 7. The van der Waals surface area contributed by atoms with E-state index in [0.717, 1.165) is 11.1 Å². The van der Waals surface area contributed by atoms with Crippen LogP contribution >= 0.6 is 0 Å². The predicted octanol–water partition coefficient (Wildman–Crippen LogP) is 4.29. The van der Waals surface area contributed by atoms with Crippen LogP contribution in [0.25, 0.3) is 11.1 Å². The second-order valence-corrected chi connectivity index (χ2v) is 6.49. The minimum atomic E-state index is -0.173. The van der Waals surface area contributed by atoms with Gasteiger partial charge in [0.25, 0.3) is 5.91 Å². The van der Waals surface area contributed by atoms with Crippen LogP contribution in [0.5, 0.6) is 11.5 Å². The second kappa shape index (κ2) is 8.12. The normalized spacial score (nSPS) is 11.0. The zero-order valence-corrected chi connectivity index (χ0v) is 16.0. The topological polar surface area (TPSA) is 73.6 Å². The number of benzene rings is 2. The van der Waals surface area contributed by atoms with Crippen LogP contribution in [0.1, 0.15) is 48.5 Å². The quantitative estimate of drug-likeness (QED) is 0.673. The van der Waals surface area contributed by atoms with Crippen LogP contribution in [0, 0.1) is 0 Å². The van der Waals surface area contributed by atoms with Crippen molar-refractivity contribution in [2.75, 3.05) is 13.7 Å². The highest BCUT2D eigenvalue weighted by Crippen LogP contribution is 2.28. The van der Waals surface area contributed by atoms with Crippen molar-refractivity contribution in [3.8, 4) is 11.5 Å². The number of nitrogens with one attached hydrogen (secondary N) is 1. The van der Waals surface area contributed by atoms with Crippen molar-refractivity contribution in [1.82, 2.24) is 10.3 Å². The van der Waals surface area contributed by atoms with Gasteiger partial charge in [-0.2, -0.15) is 0 Å². The first-order chi connectivity index (χ1) is 13.0. The first kappa shape index (κ1) is 18.8. The molecule has 3 rings (SSSR count). The molecule has 2 aromatic carbocycles. The fraction of sp³-hybridized carbons (Fsp3) is 0.333. The Morgan fingerprint density at radius 3 is 2.70 bits per heavy atom. The molecule has 0 aliphatic rings. The van der Waals surface area contributed by atoms with Crippen molar-refractivity contribution in [3.63, 3.8) is 0 Å². The fourth-order valence-corrected chi connectivity index (χ4v) is 2.71. The molecular formula is C21H24N2O4. The first-order valence-electron chi connectivity index (χ1n) is 9.00. The standard InChI is InChI=1S/C21H24N2O4/c1-5-26-19-10-14(6-9-17(19)25-4)12-22-20(24)15-7-8-16-18(11-15)27-21(23-16)13(2)3/h6-11,13H,5,12H2,1-4H3,(H,22,24). The molecule has 142 valence electrons. The Bertz CT molecular complexity index is 947. The maximum Gasteiger partial charge on any atom is 0.251 e. The van der Waals surface area contributed by atoms with Crippen LogP contribution in [0.15, 0.2) is 40.8 Å². The van der Waals surface area contributed by atoms with Gasteiger partial charge in [0.05, 0.1) is 13.7 Å². The summed E-state index contributed by atoms with van der Waals surface area (Å²) in [6, 6.07) is 10.9. The average molecular weight is 368 g/mol. The van der Waals surface area contributed by atoms with Crippen LogP contribution in [-0.2, 0) is 6.54 Å². The van der Waals surface area contributed by atoms with E-state index in [9.17, 15) is 4.79 Å². The Labute approximate surface area is 158 Å². The van der Waals surface area contributed by atoms with Gasteiger partial charge >= 0.3 is 0 Å². The van der Waals surface area contributed by atoms with E-state index in [0.29, 0.717) is 41.7 Å². The van der Waals surface area contributed by atoms with Gasteiger partial charge in [0.15, 0.2) is 23.0 Å². The Kier molecular flexibility index (Phi) is 5.64. The number of methoxy groups -OCH3 is 1. The number of hydrogen-bond acceptors (Lipinski definition) is 5. The van der Waals surface area contributed by atoms with Crippen LogP contribution in [0.3, 0.4) is 0 Å². The van der Waals surface area contributed by atoms with Gasteiger partial charge in [0.1, 0.15) is 5.52 Å². The lowest BCUT2D eigenvalue weighted by Gasteiger charge is -2.11. The molecule has 0 unspecified atom stereocenters. The van der Waals surface area contributed by atoms with E-state index < -0.39 is 0 Å². The van der Waals surface area contributed by atoms with E-state index in [1.54, 1.807) is 25.3 Å². The molecule has 0 spiro atoms. The minimum absolute atomic E-state index is 0.173. The molecule has 1 N–H and O–H groups in total. The molecule has 1 amide bonds. The molecule has 1 heterocycles.